The van der Waals surface area contributed by atoms with Gasteiger partial charge >= 0.3 is 29.6 Å². The van der Waals surface area contributed by atoms with Crippen molar-refractivity contribution in [3.05, 3.63) is 59.6 Å². The number of carboxylic acid groups (broad SMARTS) is 1. The summed E-state index contributed by atoms with van der Waals surface area (Å²) in [5, 5.41) is 19.8. The maximum atomic E-state index is 10.5. The minimum Gasteiger partial charge on any atom is -0.547 e. The number of hydrogen-bond donors (Lipinski definition) is 1. The Labute approximate surface area is 185 Å². The van der Waals surface area contributed by atoms with E-state index in [2.05, 4.69) is 32.1 Å². The third-order valence-corrected chi connectivity index (χ3v) is 4.34. The number of carboxylic acids is 1. The molecule has 0 fully saturated rings. The summed E-state index contributed by atoms with van der Waals surface area (Å²) in [6.45, 7) is 6.15. The van der Waals surface area contributed by atoms with Crippen molar-refractivity contribution >= 4 is 5.97 Å². The number of aliphatic carboxylic acids is 1. The molecule has 1 unspecified atom stereocenters. The molecule has 0 spiro atoms. The molecular weight excluding hydrogens is 351 g/mol. The predicted molar refractivity (Wildman–Crippen MR) is 102 cm³/mol. The fourth-order valence-corrected chi connectivity index (χ4v) is 2.66. The summed E-state index contributed by atoms with van der Waals surface area (Å²) in [5.41, 5.74) is 3.49. The predicted octanol–water partition coefficient (Wildman–Crippen LogP) is 0.972. The van der Waals surface area contributed by atoms with E-state index < -0.39 is 12.1 Å². The quantitative estimate of drug-likeness (QED) is 0.332. The van der Waals surface area contributed by atoms with Gasteiger partial charge in [0.25, 0.3) is 0 Å². The molecule has 4 nitrogen and oxygen atoms in total. The molecule has 1 heterocycles. The van der Waals surface area contributed by atoms with Crippen LogP contribution in [0.5, 0.6) is 0 Å². The van der Waals surface area contributed by atoms with Crippen LogP contribution in [0, 0.1) is 5.92 Å². The number of carbonyl (C=O) groups excluding carboxylic acids is 1. The van der Waals surface area contributed by atoms with Crippen LogP contribution in [0.4, 0.5) is 0 Å². The molecule has 0 bridgehead atoms. The van der Waals surface area contributed by atoms with E-state index in [1.54, 1.807) is 12.5 Å². The first kappa shape index (κ1) is 25.9. The van der Waals surface area contributed by atoms with Gasteiger partial charge in [-0.05, 0) is 69.9 Å². The van der Waals surface area contributed by atoms with Crippen molar-refractivity contribution in [1.29, 1.82) is 0 Å². The Hall–Kier alpha value is -1.07. The third-order valence-electron chi connectivity index (χ3n) is 4.34. The van der Waals surface area contributed by atoms with Crippen LogP contribution in [0.15, 0.2) is 58.5 Å². The first-order valence-electron chi connectivity index (χ1n) is 9.28. The summed E-state index contributed by atoms with van der Waals surface area (Å²) >= 11 is 0. The van der Waals surface area contributed by atoms with Crippen LogP contribution in [-0.4, -0.2) is 17.2 Å². The average Bonchev–Trinajstić information content (AvgIpc) is 3.08. The molecule has 0 aromatic carbocycles. The van der Waals surface area contributed by atoms with Gasteiger partial charge < -0.3 is 19.4 Å². The molecule has 2 atom stereocenters. The Balaban J connectivity index is 0.00000676. The molecule has 27 heavy (non-hydrogen) atoms. The maximum Gasteiger partial charge on any atom is 1.00 e. The largest absolute Gasteiger partial charge is 1.00 e. The number of allylic oxidation sites excluding steroid dienone is 5. The van der Waals surface area contributed by atoms with Crippen LogP contribution in [0.25, 0.3) is 0 Å². The van der Waals surface area contributed by atoms with Gasteiger partial charge in [0.05, 0.1) is 24.6 Å². The maximum absolute atomic E-state index is 10.5. The van der Waals surface area contributed by atoms with Gasteiger partial charge in [-0.2, -0.15) is 0 Å². The van der Waals surface area contributed by atoms with Gasteiger partial charge in [-0.1, -0.05) is 42.4 Å². The zero-order valence-corrected chi connectivity index (χ0v) is 19.1. The van der Waals surface area contributed by atoms with Gasteiger partial charge in [-0.3, -0.25) is 0 Å². The van der Waals surface area contributed by atoms with Crippen LogP contribution in [0.1, 0.15) is 58.4 Å². The minimum atomic E-state index is -1.42. The summed E-state index contributed by atoms with van der Waals surface area (Å²) in [7, 11) is 0. The van der Waals surface area contributed by atoms with Gasteiger partial charge in [0.1, 0.15) is 0 Å². The molecule has 0 amide bonds. The summed E-state index contributed by atoms with van der Waals surface area (Å²) in [4.78, 5) is 10.5. The molecule has 1 rings (SSSR count). The van der Waals surface area contributed by atoms with Crippen molar-refractivity contribution in [3.63, 3.8) is 0 Å². The number of rotatable bonds is 12. The molecule has 1 N–H and O–H groups in total. The standard InChI is InChI=1S/C22H32O4.Na/c1-17(9-5-11-19(3)15-21(23)22(24)25)7-4-8-18(2)10-6-12-20-13-14-26-16-20;/h4,7-8,11,13-14,16-17,21,23H,5-6,9-10,12,15H2,1-3H3,(H,24,25);/q;+1/p-1/b7-4+,18-8+,19-11-;/t17-,21?;/m0./s1. The molecule has 0 saturated carbocycles. The first-order chi connectivity index (χ1) is 12.4. The fraction of sp³-hybridized carbons (Fsp3) is 0.500. The monoisotopic (exact) mass is 382 g/mol. The Kier molecular flexibility index (Phi) is 14.3. The van der Waals surface area contributed by atoms with E-state index in [0.29, 0.717) is 5.92 Å². The van der Waals surface area contributed by atoms with Gasteiger partial charge in [-0.15, -0.1) is 0 Å². The van der Waals surface area contributed by atoms with Crippen molar-refractivity contribution in [2.45, 2.75) is 65.4 Å². The number of furan rings is 1. The third kappa shape index (κ3) is 12.9. The van der Waals surface area contributed by atoms with Gasteiger partial charge in [0.2, 0.25) is 0 Å². The summed E-state index contributed by atoms with van der Waals surface area (Å²) in [5.74, 6) is -0.971. The van der Waals surface area contributed by atoms with E-state index in [-0.39, 0.29) is 36.0 Å². The normalized spacial score (nSPS) is 14.8. The molecule has 0 aliphatic heterocycles. The van der Waals surface area contributed by atoms with Crippen molar-refractivity contribution < 1.29 is 49.0 Å². The van der Waals surface area contributed by atoms with E-state index in [1.807, 2.05) is 19.1 Å². The fourth-order valence-electron chi connectivity index (χ4n) is 2.66. The SMILES string of the molecule is C/C(=C/CC[C@@H](C)/C=C/C=C(\C)CCCc1ccoc1)CC(O)C(=O)[O-].[Na+]. The van der Waals surface area contributed by atoms with E-state index >= 15 is 0 Å². The number of aliphatic hydroxyl groups is 1. The van der Waals surface area contributed by atoms with Crippen molar-refractivity contribution in [3.8, 4) is 0 Å². The van der Waals surface area contributed by atoms with Crippen LogP contribution >= 0.6 is 0 Å². The van der Waals surface area contributed by atoms with Gasteiger partial charge in [0.15, 0.2) is 0 Å². The second-order valence-corrected chi connectivity index (χ2v) is 7.03. The number of carbonyl (C=O) groups is 1. The molecule has 144 valence electrons. The molecular formula is C22H31NaO4. The summed E-state index contributed by atoms with van der Waals surface area (Å²) < 4.78 is 5.07. The van der Waals surface area contributed by atoms with E-state index in [0.717, 1.165) is 37.7 Å². The average molecular weight is 382 g/mol. The van der Waals surface area contributed by atoms with Crippen LogP contribution in [0.3, 0.4) is 0 Å². The first-order valence-corrected chi connectivity index (χ1v) is 9.28. The molecule has 0 aliphatic rings. The van der Waals surface area contributed by atoms with E-state index in [9.17, 15) is 15.0 Å². The van der Waals surface area contributed by atoms with Crippen LogP contribution < -0.4 is 34.7 Å². The molecule has 0 aliphatic carbocycles. The van der Waals surface area contributed by atoms with E-state index in [4.69, 9.17) is 4.42 Å². The van der Waals surface area contributed by atoms with Crippen molar-refractivity contribution in [2.24, 2.45) is 5.92 Å². The Bertz CT molecular complexity index is 614. The Morgan fingerprint density at radius 1 is 1.33 bits per heavy atom. The van der Waals surface area contributed by atoms with E-state index in [1.165, 1.54) is 11.1 Å². The number of aliphatic hydroxyl groups excluding tert-OH is 1. The van der Waals surface area contributed by atoms with Crippen LogP contribution in [0.2, 0.25) is 0 Å². The minimum absolute atomic E-state index is 0. The van der Waals surface area contributed by atoms with Crippen molar-refractivity contribution in [2.75, 3.05) is 0 Å². The Morgan fingerprint density at radius 3 is 2.70 bits per heavy atom. The van der Waals surface area contributed by atoms with Gasteiger partial charge in [-0.25, -0.2) is 0 Å². The zero-order valence-electron chi connectivity index (χ0n) is 17.1. The van der Waals surface area contributed by atoms with Crippen molar-refractivity contribution in [1.82, 2.24) is 0 Å². The summed E-state index contributed by atoms with van der Waals surface area (Å²) in [6.07, 6.45) is 15.8. The second kappa shape index (κ2) is 14.9. The molecule has 0 radical (unpaired) electrons. The molecule has 1 aromatic heterocycles. The summed E-state index contributed by atoms with van der Waals surface area (Å²) in [6, 6.07) is 2.01. The Morgan fingerprint density at radius 2 is 2.07 bits per heavy atom. The smallest absolute Gasteiger partial charge is 0.547 e. The number of aryl methyl sites for hydroxylation is 1. The van der Waals surface area contributed by atoms with Gasteiger partial charge in [0, 0.05) is 0 Å². The molecule has 0 saturated heterocycles. The molecule has 1 aromatic rings. The second-order valence-electron chi connectivity index (χ2n) is 7.03. The topological polar surface area (TPSA) is 73.5 Å². The molecule has 5 heteroatoms. The zero-order chi connectivity index (χ0) is 19.4. The number of hydrogen-bond acceptors (Lipinski definition) is 4. The van der Waals surface area contributed by atoms with Crippen LogP contribution in [-0.2, 0) is 11.2 Å².